The minimum atomic E-state index is -0.831. The molecule has 4 aromatic heterocycles. The van der Waals surface area contributed by atoms with E-state index >= 15 is 0 Å². The van der Waals surface area contributed by atoms with Gasteiger partial charge in [-0.2, -0.15) is 5.10 Å². The van der Waals surface area contributed by atoms with Crippen LogP contribution in [0.5, 0.6) is 0 Å². The maximum absolute atomic E-state index is 11.8. The Labute approximate surface area is 227 Å². The Balaban J connectivity index is 1.44. The van der Waals surface area contributed by atoms with E-state index in [-0.39, 0.29) is 11.9 Å². The molecule has 1 unspecified atom stereocenters. The fourth-order valence-corrected chi connectivity index (χ4v) is 5.73. The second-order valence-electron chi connectivity index (χ2n) is 9.43. The molecular formula is C27H24Cl2N6O3. The predicted molar refractivity (Wildman–Crippen MR) is 145 cm³/mol. The van der Waals surface area contributed by atoms with Gasteiger partial charge in [0.1, 0.15) is 12.3 Å². The molecule has 1 aliphatic rings. The lowest BCUT2D eigenvalue weighted by molar-refractivity contribution is -0.133. The number of aliphatic hydroxyl groups excluding tert-OH is 2. The van der Waals surface area contributed by atoms with Gasteiger partial charge in [-0.15, -0.1) is 0 Å². The van der Waals surface area contributed by atoms with Crippen LogP contribution in [0.25, 0.3) is 38.9 Å². The molecule has 5 aromatic rings. The molecule has 5 heterocycles. The van der Waals surface area contributed by atoms with Gasteiger partial charge >= 0.3 is 0 Å². The number of fused-ring (bicyclic) bond motifs is 3. The third-order valence-electron chi connectivity index (χ3n) is 7.04. The van der Waals surface area contributed by atoms with E-state index in [1.165, 1.54) is 0 Å². The normalized spacial score (nSPS) is 16.6. The lowest BCUT2D eigenvalue weighted by Gasteiger charge is -2.15. The van der Waals surface area contributed by atoms with E-state index in [9.17, 15) is 9.90 Å². The number of carbonyl (C=O) groups excluding carboxylic acids is 1. The number of benzene rings is 1. The molecule has 0 spiro atoms. The first-order valence-electron chi connectivity index (χ1n) is 12.2. The molecule has 0 aliphatic carbocycles. The van der Waals surface area contributed by atoms with E-state index in [4.69, 9.17) is 33.3 Å². The Morgan fingerprint density at radius 3 is 2.71 bits per heavy atom. The Hall–Kier alpha value is -3.50. The maximum atomic E-state index is 11.8. The van der Waals surface area contributed by atoms with Crippen LogP contribution in [0.4, 0.5) is 0 Å². The molecule has 38 heavy (non-hydrogen) atoms. The quantitative estimate of drug-likeness (QED) is 0.332. The third-order valence-corrected chi connectivity index (χ3v) is 7.67. The molecule has 11 heteroatoms. The molecular weight excluding hydrogens is 527 g/mol. The van der Waals surface area contributed by atoms with Crippen LogP contribution in [0.15, 0.2) is 55.1 Å². The highest BCUT2D eigenvalue weighted by Crippen LogP contribution is 2.39. The highest BCUT2D eigenvalue weighted by atomic mass is 35.5. The highest BCUT2D eigenvalue weighted by Gasteiger charge is 2.28. The van der Waals surface area contributed by atoms with Gasteiger partial charge in [-0.1, -0.05) is 29.3 Å². The van der Waals surface area contributed by atoms with Crippen molar-refractivity contribution >= 4 is 45.7 Å². The molecule has 1 saturated heterocycles. The van der Waals surface area contributed by atoms with Crippen molar-refractivity contribution in [2.45, 2.75) is 25.5 Å². The smallest absolute Gasteiger partial charge is 0.248 e. The van der Waals surface area contributed by atoms with Crippen LogP contribution in [0.1, 0.15) is 31.2 Å². The van der Waals surface area contributed by atoms with E-state index in [0.29, 0.717) is 45.7 Å². The van der Waals surface area contributed by atoms with Crippen molar-refractivity contribution in [2.24, 2.45) is 0 Å². The van der Waals surface area contributed by atoms with E-state index in [0.717, 1.165) is 28.5 Å². The molecule has 0 saturated carbocycles. The van der Waals surface area contributed by atoms with Crippen molar-refractivity contribution in [1.29, 1.82) is 0 Å². The highest BCUT2D eigenvalue weighted by molar-refractivity contribution is 6.39. The summed E-state index contributed by atoms with van der Waals surface area (Å²) in [6, 6.07) is 9.20. The maximum Gasteiger partial charge on any atom is 0.248 e. The van der Waals surface area contributed by atoms with E-state index in [1.807, 2.05) is 33.6 Å². The summed E-state index contributed by atoms with van der Waals surface area (Å²) < 4.78 is 3.71. The van der Waals surface area contributed by atoms with Gasteiger partial charge in [0.05, 0.1) is 45.3 Å². The summed E-state index contributed by atoms with van der Waals surface area (Å²) in [4.78, 5) is 23.1. The number of hydrogen-bond donors (Lipinski definition) is 2. The Morgan fingerprint density at radius 1 is 1.18 bits per heavy atom. The molecule has 1 fully saturated rings. The Morgan fingerprint density at radius 2 is 1.97 bits per heavy atom. The van der Waals surface area contributed by atoms with Crippen LogP contribution in [-0.2, 0) is 4.79 Å². The van der Waals surface area contributed by atoms with Crippen molar-refractivity contribution in [2.75, 3.05) is 19.7 Å². The standard InChI is InChI=1S/C27H24Cl2N6O3/c1-15(37)26-25(24-20(28)3-2-4-21(24)29)32-27-19-9-16(10-30-22(19)6-8-34(26)27)17-11-31-35(12-17)18-5-7-33(13-18)23(38)14-36/h2-4,6,8-12,15,18,36-37H,5,7,13-14H2,1H3/t15?,18-/m0/s1. The number of hydrogen-bond acceptors (Lipinski definition) is 6. The number of halogens is 2. The van der Waals surface area contributed by atoms with E-state index in [1.54, 1.807) is 42.4 Å². The molecule has 1 amide bonds. The summed E-state index contributed by atoms with van der Waals surface area (Å²) >= 11 is 13.0. The van der Waals surface area contributed by atoms with Crippen LogP contribution >= 0.6 is 23.2 Å². The summed E-state index contributed by atoms with van der Waals surface area (Å²) in [6.07, 6.45) is 7.30. The molecule has 1 aliphatic heterocycles. The zero-order chi connectivity index (χ0) is 26.6. The van der Waals surface area contributed by atoms with E-state index in [2.05, 4.69) is 10.1 Å². The Kier molecular flexibility index (Phi) is 6.31. The lowest BCUT2D eigenvalue weighted by Crippen LogP contribution is -2.31. The number of aliphatic hydroxyl groups is 2. The molecule has 6 rings (SSSR count). The molecule has 0 radical (unpaired) electrons. The second-order valence-corrected chi connectivity index (χ2v) is 10.2. The first-order chi connectivity index (χ1) is 18.4. The van der Waals surface area contributed by atoms with Gasteiger partial charge in [0.15, 0.2) is 0 Å². The minimum absolute atomic E-state index is 0.0446. The first-order valence-corrected chi connectivity index (χ1v) is 13.0. The molecule has 0 bridgehead atoms. The van der Waals surface area contributed by atoms with Crippen molar-refractivity contribution in [3.63, 3.8) is 0 Å². The zero-order valence-electron chi connectivity index (χ0n) is 20.4. The average molecular weight is 551 g/mol. The van der Waals surface area contributed by atoms with Crippen molar-refractivity contribution in [3.8, 4) is 22.4 Å². The first kappa shape index (κ1) is 24.8. The number of nitrogens with zero attached hydrogens (tertiary/aromatic N) is 6. The average Bonchev–Trinajstić information content (AvgIpc) is 3.66. The number of rotatable bonds is 5. The molecule has 194 valence electrons. The number of pyridine rings is 2. The van der Waals surface area contributed by atoms with Gasteiger partial charge in [-0.3, -0.25) is 14.5 Å². The zero-order valence-corrected chi connectivity index (χ0v) is 21.9. The van der Waals surface area contributed by atoms with Crippen LogP contribution in [-0.4, -0.2) is 64.9 Å². The van der Waals surface area contributed by atoms with Gasteiger partial charge in [0.2, 0.25) is 5.91 Å². The second kappa shape index (κ2) is 9.67. The summed E-state index contributed by atoms with van der Waals surface area (Å²) in [5, 5.41) is 26.1. The van der Waals surface area contributed by atoms with Crippen molar-refractivity contribution in [1.82, 2.24) is 29.0 Å². The fourth-order valence-electron chi connectivity index (χ4n) is 5.15. The molecule has 2 atom stereocenters. The van der Waals surface area contributed by atoms with Crippen molar-refractivity contribution in [3.05, 3.63) is 70.9 Å². The number of likely N-dealkylation sites (tertiary alicyclic amines) is 1. The minimum Gasteiger partial charge on any atom is -0.387 e. The number of aromatic nitrogens is 5. The predicted octanol–water partition coefficient (Wildman–Crippen LogP) is 4.54. The van der Waals surface area contributed by atoms with Crippen molar-refractivity contribution < 1.29 is 15.0 Å². The molecule has 2 N–H and O–H groups in total. The lowest BCUT2D eigenvalue weighted by atomic mass is 10.1. The summed E-state index contributed by atoms with van der Waals surface area (Å²) in [5.41, 5.74) is 4.78. The van der Waals surface area contributed by atoms with Crippen LogP contribution < -0.4 is 0 Å². The summed E-state index contributed by atoms with van der Waals surface area (Å²) in [6.45, 7) is 2.31. The Bertz CT molecular complexity index is 1680. The monoisotopic (exact) mass is 550 g/mol. The largest absolute Gasteiger partial charge is 0.387 e. The third kappa shape index (κ3) is 4.12. The topological polar surface area (TPSA) is 109 Å². The number of imidazole rings is 1. The summed E-state index contributed by atoms with van der Waals surface area (Å²) in [5.74, 6) is -0.267. The van der Waals surface area contributed by atoms with Crippen LogP contribution in [0, 0.1) is 0 Å². The van der Waals surface area contributed by atoms with Crippen LogP contribution in [0.2, 0.25) is 10.0 Å². The van der Waals surface area contributed by atoms with Gasteiger partial charge in [-0.25, -0.2) is 4.98 Å². The van der Waals surface area contributed by atoms with Gasteiger partial charge < -0.3 is 19.5 Å². The molecule has 1 aromatic carbocycles. The van der Waals surface area contributed by atoms with Gasteiger partial charge in [0, 0.05) is 53.8 Å². The SMILES string of the molecule is CC(O)c1c(-c2c(Cl)cccc2Cl)nc2c3cc(-c4cnn([C@H]5CCN(C(=O)CO)C5)c4)cnc3ccn12. The van der Waals surface area contributed by atoms with Gasteiger partial charge in [0.25, 0.3) is 0 Å². The van der Waals surface area contributed by atoms with E-state index < -0.39 is 12.7 Å². The van der Waals surface area contributed by atoms with Gasteiger partial charge in [-0.05, 0) is 37.6 Å². The fraction of sp³-hybridized carbons (Fsp3) is 0.259. The number of carbonyl (C=O) groups is 1. The molecule has 9 nitrogen and oxygen atoms in total. The summed E-state index contributed by atoms with van der Waals surface area (Å²) in [7, 11) is 0. The van der Waals surface area contributed by atoms with Crippen LogP contribution in [0.3, 0.4) is 0 Å². The number of amides is 1.